The Morgan fingerprint density at radius 1 is 1.07 bits per heavy atom. The summed E-state index contributed by atoms with van der Waals surface area (Å²) < 4.78 is 1.62. The van der Waals surface area contributed by atoms with Crippen LogP contribution in [0.2, 0.25) is 5.02 Å². The first-order valence-corrected chi connectivity index (χ1v) is 9.67. The van der Waals surface area contributed by atoms with Crippen molar-refractivity contribution < 1.29 is 4.79 Å². The fraction of sp³-hybridized carbons (Fsp3) is 0.238. The number of carbonyl (C=O) groups is 1. The molecule has 0 atom stereocenters. The molecule has 1 fully saturated rings. The Kier molecular flexibility index (Phi) is 5.19. The molecular weight excluding hydrogens is 388 g/mol. The lowest BCUT2D eigenvalue weighted by atomic mass is 10.2. The van der Waals surface area contributed by atoms with Gasteiger partial charge in [0.2, 0.25) is 0 Å². The van der Waals surface area contributed by atoms with E-state index in [4.69, 9.17) is 16.9 Å². The Bertz CT molecular complexity index is 1080. The van der Waals surface area contributed by atoms with Crippen LogP contribution in [0.4, 0.5) is 5.69 Å². The molecule has 1 saturated heterocycles. The van der Waals surface area contributed by atoms with Gasteiger partial charge < -0.3 is 9.80 Å². The zero-order valence-electron chi connectivity index (χ0n) is 15.9. The summed E-state index contributed by atoms with van der Waals surface area (Å²) in [7, 11) is 0. The zero-order valence-corrected chi connectivity index (χ0v) is 16.7. The second kappa shape index (κ2) is 7.94. The lowest BCUT2D eigenvalue weighted by molar-refractivity contribution is 0.0740. The van der Waals surface area contributed by atoms with Gasteiger partial charge in [-0.3, -0.25) is 4.79 Å². The Morgan fingerprint density at radius 3 is 2.45 bits per heavy atom. The van der Waals surface area contributed by atoms with Crippen molar-refractivity contribution in [2.75, 3.05) is 31.1 Å². The molecule has 1 amide bonds. The second-order valence-corrected chi connectivity index (χ2v) is 7.29. The number of aromatic nitrogens is 3. The molecule has 2 aromatic carbocycles. The molecule has 0 aliphatic carbocycles. The maximum Gasteiger partial charge on any atom is 0.276 e. The van der Waals surface area contributed by atoms with E-state index in [1.807, 2.05) is 31.2 Å². The summed E-state index contributed by atoms with van der Waals surface area (Å²) in [6.45, 7) is 4.50. The quantitative estimate of drug-likeness (QED) is 0.668. The van der Waals surface area contributed by atoms with Gasteiger partial charge in [0.15, 0.2) is 5.69 Å². The highest BCUT2D eigenvalue weighted by Crippen LogP contribution is 2.22. The first-order valence-electron chi connectivity index (χ1n) is 9.29. The number of halogens is 1. The van der Waals surface area contributed by atoms with Crippen LogP contribution in [-0.2, 0) is 0 Å². The van der Waals surface area contributed by atoms with Crippen LogP contribution in [0.5, 0.6) is 0 Å². The van der Waals surface area contributed by atoms with E-state index in [1.165, 1.54) is 0 Å². The molecule has 146 valence electrons. The molecule has 8 heteroatoms. The Balaban J connectivity index is 1.47. The second-order valence-electron chi connectivity index (χ2n) is 6.85. The van der Waals surface area contributed by atoms with Crippen molar-refractivity contribution in [3.05, 3.63) is 70.5 Å². The van der Waals surface area contributed by atoms with Crippen molar-refractivity contribution in [1.29, 1.82) is 5.26 Å². The van der Waals surface area contributed by atoms with Crippen LogP contribution in [0.3, 0.4) is 0 Å². The minimum atomic E-state index is -0.117. The first-order chi connectivity index (χ1) is 14.1. The number of carbonyl (C=O) groups excluding carboxylic acids is 1. The van der Waals surface area contributed by atoms with Gasteiger partial charge in [-0.05, 0) is 49.4 Å². The number of anilines is 1. The van der Waals surface area contributed by atoms with E-state index >= 15 is 0 Å². The minimum absolute atomic E-state index is 0.117. The molecule has 0 unspecified atom stereocenters. The van der Waals surface area contributed by atoms with Gasteiger partial charge in [0.1, 0.15) is 0 Å². The fourth-order valence-corrected chi connectivity index (χ4v) is 3.62. The summed E-state index contributed by atoms with van der Waals surface area (Å²) in [4.78, 5) is 17.0. The van der Waals surface area contributed by atoms with Crippen LogP contribution in [0.25, 0.3) is 5.69 Å². The van der Waals surface area contributed by atoms with E-state index in [9.17, 15) is 4.79 Å². The predicted octanol–water partition coefficient (Wildman–Crippen LogP) is 3.06. The van der Waals surface area contributed by atoms with Gasteiger partial charge in [0, 0.05) is 36.9 Å². The van der Waals surface area contributed by atoms with Crippen LogP contribution < -0.4 is 4.90 Å². The van der Waals surface area contributed by atoms with Gasteiger partial charge in [-0.15, -0.1) is 5.10 Å². The molecule has 0 saturated carbocycles. The van der Waals surface area contributed by atoms with Crippen molar-refractivity contribution in [3.8, 4) is 11.8 Å². The fourth-order valence-electron chi connectivity index (χ4n) is 3.44. The lowest BCUT2D eigenvalue weighted by Gasteiger charge is -2.35. The molecule has 4 rings (SSSR count). The van der Waals surface area contributed by atoms with Crippen LogP contribution in [0.15, 0.2) is 48.5 Å². The monoisotopic (exact) mass is 406 g/mol. The van der Waals surface area contributed by atoms with E-state index in [-0.39, 0.29) is 5.91 Å². The van der Waals surface area contributed by atoms with E-state index in [0.717, 1.165) is 24.5 Å². The summed E-state index contributed by atoms with van der Waals surface area (Å²) in [5, 5.41) is 17.9. The van der Waals surface area contributed by atoms with Crippen LogP contribution >= 0.6 is 11.6 Å². The number of hydrogen-bond acceptors (Lipinski definition) is 5. The van der Waals surface area contributed by atoms with Gasteiger partial charge in [0.05, 0.1) is 23.0 Å². The van der Waals surface area contributed by atoms with Gasteiger partial charge in [-0.1, -0.05) is 22.9 Å². The molecule has 0 radical (unpaired) electrons. The van der Waals surface area contributed by atoms with Crippen LogP contribution in [0, 0.1) is 18.3 Å². The predicted molar refractivity (Wildman–Crippen MR) is 110 cm³/mol. The van der Waals surface area contributed by atoms with E-state index in [0.29, 0.717) is 35.1 Å². The van der Waals surface area contributed by atoms with E-state index in [2.05, 4.69) is 21.3 Å². The number of nitriles is 1. The van der Waals surface area contributed by atoms with Crippen molar-refractivity contribution in [1.82, 2.24) is 19.9 Å². The number of benzene rings is 2. The SMILES string of the molecule is Cc1c(C(=O)N2CCN(c3cccc(Cl)c3)CC2)nnn1-c1ccc(C#N)cc1. The summed E-state index contributed by atoms with van der Waals surface area (Å²) >= 11 is 6.09. The minimum Gasteiger partial charge on any atom is -0.368 e. The highest BCUT2D eigenvalue weighted by molar-refractivity contribution is 6.30. The topological polar surface area (TPSA) is 78.1 Å². The highest BCUT2D eigenvalue weighted by atomic mass is 35.5. The Hall–Kier alpha value is -3.37. The number of hydrogen-bond donors (Lipinski definition) is 0. The van der Waals surface area contributed by atoms with Crippen molar-refractivity contribution in [3.63, 3.8) is 0 Å². The maximum atomic E-state index is 13.0. The van der Waals surface area contributed by atoms with Crippen LogP contribution in [-0.4, -0.2) is 52.0 Å². The largest absolute Gasteiger partial charge is 0.368 e. The average Bonchev–Trinajstić information content (AvgIpc) is 3.14. The van der Waals surface area contributed by atoms with Gasteiger partial charge in [-0.25, -0.2) is 4.68 Å². The molecule has 3 aromatic rings. The van der Waals surface area contributed by atoms with Gasteiger partial charge >= 0.3 is 0 Å². The molecule has 0 spiro atoms. The molecule has 29 heavy (non-hydrogen) atoms. The summed E-state index contributed by atoms with van der Waals surface area (Å²) in [6, 6.07) is 16.8. The lowest BCUT2D eigenvalue weighted by Crippen LogP contribution is -2.49. The third-order valence-corrected chi connectivity index (χ3v) is 5.31. The maximum absolute atomic E-state index is 13.0. The average molecular weight is 407 g/mol. The molecule has 0 N–H and O–H groups in total. The summed E-state index contributed by atoms with van der Waals surface area (Å²) in [5.41, 5.74) is 3.43. The third-order valence-electron chi connectivity index (χ3n) is 5.08. The van der Waals surface area contributed by atoms with Crippen molar-refractivity contribution in [2.24, 2.45) is 0 Å². The number of amides is 1. The van der Waals surface area contributed by atoms with E-state index < -0.39 is 0 Å². The smallest absolute Gasteiger partial charge is 0.276 e. The zero-order chi connectivity index (χ0) is 20.4. The molecule has 1 aromatic heterocycles. The van der Waals surface area contributed by atoms with Gasteiger partial charge in [-0.2, -0.15) is 5.26 Å². The highest BCUT2D eigenvalue weighted by Gasteiger charge is 2.26. The summed E-state index contributed by atoms with van der Waals surface area (Å²) in [6.07, 6.45) is 0. The van der Waals surface area contributed by atoms with Crippen molar-refractivity contribution in [2.45, 2.75) is 6.92 Å². The van der Waals surface area contributed by atoms with Gasteiger partial charge in [0.25, 0.3) is 5.91 Å². The third kappa shape index (κ3) is 3.80. The number of nitrogens with zero attached hydrogens (tertiary/aromatic N) is 6. The molecule has 2 heterocycles. The molecule has 1 aliphatic rings. The standard InChI is InChI=1S/C21H19ClN6O/c1-15-20(24-25-28(15)18-7-5-16(14-23)6-8-18)21(29)27-11-9-26(10-12-27)19-4-2-3-17(22)13-19/h2-8,13H,9-12H2,1H3. The normalized spacial score (nSPS) is 14.0. The van der Waals surface area contributed by atoms with Crippen LogP contribution in [0.1, 0.15) is 21.7 Å². The van der Waals surface area contributed by atoms with E-state index in [1.54, 1.807) is 33.8 Å². The Labute approximate surface area is 173 Å². The first kappa shape index (κ1) is 19.0. The Morgan fingerprint density at radius 2 is 1.79 bits per heavy atom. The molecule has 0 bridgehead atoms. The molecule has 1 aliphatic heterocycles. The number of piperazine rings is 1. The number of rotatable bonds is 3. The summed E-state index contributed by atoms with van der Waals surface area (Å²) in [5.74, 6) is -0.117. The molecule has 7 nitrogen and oxygen atoms in total. The van der Waals surface area contributed by atoms with Crippen molar-refractivity contribution >= 4 is 23.2 Å². The molecular formula is C21H19ClN6O.